The molecule has 0 radical (unpaired) electrons. The Balaban J connectivity index is 0.000000286. The zero-order chi connectivity index (χ0) is 43.9. The van der Waals surface area contributed by atoms with Gasteiger partial charge in [-0.1, -0.05) is 218 Å². The number of nitrogens with zero attached hydrogens (tertiary/aromatic N) is 3. The summed E-state index contributed by atoms with van der Waals surface area (Å²) in [5.74, 6) is 1.98. The summed E-state index contributed by atoms with van der Waals surface area (Å²) in [6.45, 7) is 6.42. The van der Waals surface area contributed by atoms with E-state index in [9.17, 15) is 0 Å². The number of rotatable bonds is 5. The molecule has 1 aliphatic heterocycles. The van der Waals surface area contributed by atoms with E-state index in [1.807, 2.05) is 17.8 Å². The molecule has 0 saturated heterocycles. The summed E-state index contributed by atoms with van der Waals surface area (Å²) in [6, 6.07) is 77.8. The van der Waals surface area contributed by atoms with Gasteiger partial charge in [0.05, 0.1) is 5.41 Å². The molecule has 1 aliphatic carbocycles. The summed E-state index contributed by atoms with van der Waals surface area (Å²) < 4.78 is 0. The first-order valence-corrected chi connectivity index (χ1v) is 23.0. The zero-order valence-corrected chi connectivity index (χ0v) is 37.4. The number of hydrogen-bond donors (Lipinski definition) is 0. The van der Waals surface area contributed by atoms with Crippen molar-refractivity contribution in [2.24, 2.45) is 0 Å². The predicted octanol–water partition coefficient (Wildman–Crippen LogP) is 15.6. The Kier molecular flexibility index (Phi) is 10.4. The first kappa shape index (κ1) is 40.1. The summed E-state index contributed by atoms with van der Waals surface area (Å²) in [4.78, 5) is 18.3. The van der Waals surface area contributed by atoms with Crippen LogP contribution in [0.25, 0.3) is 67.5 Å². The van der Waals surface area contributed by atoms with E-state index in [-0.39, 0.29) is 0 Å². The molecule has 9 aromatic carbocycles. The van der Waals surface area contributed by atoms with Gasteiger partial charge in [-0.25, -0.2) is 15.0 Å². The fraction of sp³-hybridized carbons (Fsp3) is 0.0656. The number of benzene rings is 9. The molecular weight excluding hydrogens is 807 g/mol. The Morgan fingerprint density at radius 2 is 0.769 bits per heavy atom. The van der Waals surface area contributed by atoms with Gasteiger partial charge in [0.25, 0.3) is 0 Å². The lowest BCUT2D eigenvalue weighted by molar-refractivity contribution is 0.723. The van der Waals surface area contributed by atoms with Gasteiger partial charge in [0.1, 0.15) is 0 Å². The van der Waals surface area contributed by atoms with Gasteiger partial charge in [0, 0.05) is 26.5 Å². The van der Waals surface area contributed by atoms with Gasteiger partial charge in [0.15, 0.2) is 17.5 Å². The van der Waals surface area contributed by atoms with Crippen molar-refractivity contribution in [3.8, 4) is 67.5 Å². The molecule has 2 aliphatic rings. The Hall–Kier alpha value is -7.66. The van der Waals surface area contributed by atoms with Gasteiger partial charge in [0.2, 0.25) is 0 Å². The molecule has 0 amide bonds. The van der Waals surface area contributed by atoms with E-state index in [1.54, 1.807) is 0 Å². The smallest absolute Gasteiger partial charge is 0.164 e. The van der Waals surface area contributed by atoms with Crippen molar-refractivity contribution in [1.82, 2.24) is 15.0 Å². The summed E-state index contributed by atoms with van der Waals surface area (Å²) in [6.07, 6.45) is 0. The van der Waals surface area contributed by atoms with E-state index in [4.69, 9.17) is 15.0 Å². The molecule has 1 aromatic heterocycles. The second-order valence-corrected chi connectivity index (χ2v) is 18.0. The van der Waals surface area contributed by atoms with Crippen molar-refractivity contribution in [2.45, 2.75) is 36.0 Å². The average Bonchev–Trinajstić information content (AvgIpc) is 3.65. The second-order valence-electron chi connectivity index (χ2n) is 16.9. The molecular formula is C61H45N3S. The molecule has 0 saturated carbocycles. The van der Waals surface area contributed by atoms with Crippen LogP contribution in [0.4, 0.5) is 0 Å². The number of hydrogen-bond acceptors (Lipinski definition) is 4. The largest absolute Gasteiger partial charge is 0.208 e. The topological polar surface area (TPSA) is 38.7 Å². The molecule has 0 unspecified atom stereocenters. The molecule has 0 atom stereocenters. The molecule has 0 fully saturated rings. The Labute approximate surface area is 385 Å². The van der Waals surface area contributed by atoms with Gasteiger partial charge in [-0.2, -0.15) is 0 Å². The Morgan fingerprint density at radius 3 is 1.40 bits per heavy atom. The highest BCUT2D eigenvalue weighted by atomic mass is 32.2. The molecule has 12 rings (SSSR count). The van der Waals surface area contributed by atoms with Crippen molar-refractivity contribution in [3.63, 3.8) is 0 Å². The highest BCUT2D eigenvalue weighted by Gasteiger charge is 2.51. The molecule has 1 spiro atoms. The van der Waals surface area contributed by atoms with E-state index in [1.165, 1.54) is 71.0 Å². The molecule has 0 N–H and O–H groups in total. The van der Waals surface area contributed by atoms with Gasteiger partial charge < -0.3 is 0 Å². The maximum absolute atomic E-state index is 5.33. The minimum atomic E-state index is -0.547. The Bertz CT molecular complexity index is 3300. The summed E-state index contributed by atoms with van der Waals surface area (Å²) in [7, 11) is 0. The van der Waals surface area contributed by atoms with Crippen molar-refractivity contribution in [2.75, 3.05) is 0 Å². The minimum Gasteiger partial charge on any atom is -0.208 e. The van der Waals surface area contributed by atoms with E-state index >= 15 is 0 Å². The summed E-state index contributed by atoms with van der Waals surface area (Å²) in [5.41, 5.74) is 18.8. The number of fused-ring (bicyclic) bond motifs is 9. The zero-order valence-electron chi connectivity index (χ0n) is 36.5. The van der Waals surface area contributed by atoms with Crippen LogP contribution < -0.4 is 0 Å². The molecule has 2 heterocycles. The van der Waals surface area contributed by atoms with Crippen molar-refractivity contribution in [3.05, 3.63) is 257 Å². The van der Waals surface area contributed by atoms with Gasteiger partial charge >= 0.3 is 0 Å². The molecule has 3 nitrogen and oxygen atoms in total. The maximum Gasteiger partial charge on any atom is 0.164 e. The van der Waals surface area contributed by atoms with E-state index in [2.05, 4.69) is 233 Å². The van der Waals surface area contributed by atoms with Crippen LogP contribution in [0, 0.1) is 20.8 Å². The molecule has 4 heteroatoms. The third-order valence-corrected chi connectivity index (χ3v) is 14.0. The van der Waals surface area contributed by atoms with Crippen LogP contribution in [-0.2, 0) is 5.41 Å². The quantitative estimate of drug-likeness (QED) is 0.173. The number of aryl methyl sites for hydroxylation is 3. The van der Waals surface area contributed by atoms with Crippen LogP contribution in [0.1, 0.15) is 38.9 Å². The fourth-order valence-corrected chi connectivity index (χ4v) is 11.0. The van der Waals surface area contributed by atoms with Crippen LogP contribution in [0.15, 0.2) is 228 Å². The second kappa shape index (κ2) is 16.8. The minimum absolute atomic E-state index is 0.547. The highest BCUT2D eigenvalue weighted by Crippen LogP contribution is 2.63. The lowest BCUT2D eigenvalue weighted by Crippen LogP contribution is -2.32. The van der Waals surface area contributed by atoms with Crippen molar-refractivity contribution in [1.29, 1.82) is 0 Å². The Morgan fingerprint density at radius 1 is 0.323 bits per heavy atom. The van der Waals surface area contributed by atoms with E-state index in [0.29, 0.717) is 17.5 Å². The normalized spacial score (nSPS) is 12.6. The van der Waals surface area contributed by atoms with Crippen LogP contribution in [-0.4, -0.2) is 15.0 Å². The lowest BCUT2D eigenvalue weighted by atomic mass is 9.66. The van der Waals surface area contributed by atoms with Gasteiger partial charge in [-0.05, 0) is 106 Å². The lowest BCUT2D eigenvalue weighted by Gasteiger charge is -2.40. The maximum atomic E-state index is 5.33. The average molecular weight is 852 g/mol. The summed E-state index contributed by atoms with van der Waals surface area (Å²) >= 11 is 1.85. The summed E-state index contributed by atoms with van der Waals surface area (Å²) in [5, 5.41) is 0. The molecule has 10 aromatic rings. The van der Waals surface area contributed by atoms with Crippen LogP contribution in [0.3, 0.4) is 0 Å². The first-order chi connectivity index (χ1) is 32.0. The standard InChI is InChI=1S/C47H31N3S.C14H14/c1-30-13-11-16-34(29-30)45-48-44(33-27-25-32(26-28-33)31-14-3-2-4-15-31)49-46(50-45)37-19-12-18-36-35-17-5-6-20-38(35)47(43(36)37)39-21-7-9-23-41(39)51-42-24-10-8-22-40(42)47;1-11-7-3-5-9-13(11)14-10-6-4-8-12(14)2/h2-29H,1H3;3-10H,1-2H3. The van der Waals surface area contributed by atoms with Crippen LogP contribution in [0.5, 0.6) is 0 Å². The predicted molar refractivity (Wildman–Crippen MR) is 269 cm³/mol. The monoisotopic (exact) mass is 851 g/mol. The highest BCUT2D eigenvalue weighted by molar-refractivity contribution is 7.99. The third-order valence-electron chi connectivity index (χ3n) is 12.8. The number of aromatic nitrogens is 3. The van der Waals surface area contributed by atoms with Gasteiger partial charge in [-0.3, -0.25) is 0 Å². The van der Waals surface area contributed by atoms with E-state index < -0.39 is 5.41 Å². The van der Waals surface area contributed by atoms with Crippen molar-refractivity contribution >= 4 is 11.8 Å². The fourth-order valence-electron chi connectivity index (χ4n) is 9.83. The van der Waals surface area contributed by atoms with Crippen LogP contribution >= 0.6 is 11.8 Å². The third kappa shape index (κ3) is 7.08. The first-order valence-electron chi connectivity index (χ1n) is 22.2. The van der Waals surface area contributed by atoms with Gasteiger partial charge in [-0.15, -0.1) is 0 Å². The van der Waals surface area contributed by atoms with Crippen molar-refractivity contribution < 1.29 is 0 Å². The SMILES string of the molecule is Cc1cccc(-c2nc(-c3ccc(-c4ccccc4)cc3)nc(-c3cccc4c3C3(c5ccccc5Sc5ccccc53)c3ccccc3-4)n2)c1.Cc1ccccc1-c1ccccc1C. The molecule has 0 bridgehead atoms. The molecule has 310 valence electrons. The molecule has 65 heavy (non-hydrogen) atoms. The van der Waals surface area contributed by atoms with E-state index in [0.717, 1.165) is 27.8 Å². The van der Waals surface area contributed by atoms with Crippen LogP contribution in [0.2, 0.25) is 0 Å².